The smallest absolute Gasteiger partial charge is 0.221 e. The molecule has 0 fully saturated rings. The highest BCUT2D eigenvalue weighted by Crippen LogP contribution is 2.09. The summed E-state index contributed by atoms with van der Waals surface area (Å²) in [5.74, 6) is 5.64. The van der Waals surface area contributed by atoms with Crippen LogP contribution in [0.15, 0.2) is 48.5 Å². The van der Waals surface area contributed by atoms with Gasteiger partial charge in [0.15, 0.2) is 0 Å². The molecular formula is C18H16N2O2. The number of nitrogens with one attached hydrogen (secondary N) is 1. The van der Waals surface area contributed by atoms with Crippen LogP contribution in [-0.2, 0) is 16.0 Å². The Hall–Kier alpha value is -3.06. The monoisotopic (exact) mass is 292 g/mol. The van der Waals surface area contributed by atoms with Crippen molar-refractivity contribution in [3.63, 3.8) is 0 Å². The number of benzene rings is 2. The van der Waals surface area contributed by atoms with Crippen molar-refractivity contribution >= 4 is 17.5 Å². The van der Waals surface area contributed by atoms with Crippen molar-refractivity contribution in [3.05, 3.63) is 65.2 Å². The minimum Gasteiger partial charge on any atom is -0.369 e. The maximum Gasteiger partial charge on any atom is 0.221 e. The third-order valence-electron chi connectivity index (χ3n) is 2.89. The summed E-state index contributed by atoms with van der Waals surface area (Å²) in [7, 11) is 0. The van der Waals surface area contributed by atoms with Crippen molar-refractivity contribution in [2.45, 2.75) is 13.3 Å². The molecule has 4 heteroatoms. The van der Waals surface area contributed by atoms with Gasteiger partial charge in [0.25, 0.3) is 0 Å². The van der Waals surface area contributed by atoms with E-state index in [0.29, 0.717) is 0 Å². The van der Waals surface area contributed by atoms with Crippen LogP contribution >= 0.6 is 0 Å². The molecule has 0 unspecified atom stereocenters. The fraction of sp³-hybridized carbons (Fsp3) is 0.111. The largest absolute Gasteiger partial charge is 0.369 e. The second-order valence-corrected chi connectivity index (χ2v) is 4.85. The first kappa shape index (κ1) is 15.3. The van der Waals surface area contributed by atoms with Crippen LogP contribution in [0.1, 0.15) is 23.6 Å². The van der Waals surface area contributed by atoms with Crippen LogP contribution in [0.5, 0.6) is 0 Å². The normalized spacial score (nSPS) is 9.50. The number of hydrogen-bond acceptors (Lipinski definition) is 2. The highest BCUT2D eigenvalue weighted by Gasteiger charge is 1.97. The van der Waals surface area contributed by atoms with Gasteiger partial charge in [0.2, 0.25) is 11.8 Å². The Kier molecular flexibility index (Phi) is 4.94. The number of carbonyl (C=O) groups is 2. The molecule has 2 rings (SSSR count). The minimum absolute atomic E-state index is 0.102. The van der Waals surface area contributed by atoms with Crippen LogP contribution in [0.25, 0.3) is 0 Å². The highest BCUT2D eigenvalue weighted by atomic mass is 16.1. The van der Waals surface area contributed by atoms with Gasteiger partial charge >= 0.3 is 0 Å². The van der Waals surface area contributed by atoms with Crippen molar-refractivity contribution in [1.82, 2.24) is 0 Å². The molecule has 0 bridgehead atoms. The molecule has 0 spiro atoms. The Morgan fingerprint density at radius 3 is 1.91 bits per heavy atom. The van der Waals surface area contributed by atoms with E-state index in [2.05, 4.69) is 17.2 Å². The summed E-state index contributed by atoms with van der Waals surface area (Å²) < 4.78 is 0. The summed E-state index contributed by atoms with van der Waals surface area (Å²) >= 11 is 0. The minimum atomic E-state index is -0.349. The number of amides is 2. The molecule has 110 valence electrons. The predicted molar refractivity (Wildman–Crippen MR) is 86.1 cm³/mol. The van der Waals surface area contributed by atoms with Crippen molar-refractivity contribution < 1.29 is 9.59 Å². The van der Waals surface area contributed by atoms with Crippen LogP contribution in [0, 0.1) is 11.8 Å². The van der Waals surface area contributed by atoms with E-state index in [9.17, 15) is 9.59 Å². The molecule has 0 atom stereocenters. The van der Waals surface area contributed by atoms with Gasteiger partial charge in [-0.15, -0.1) is 0 Å². The van der Waals surface area contributed by atoms with Crippen LogP contribution in [0.4, 0.5) is 5.69 Å². The third kappa shape index (κ3) is 4.80. The molecule has 0 aromatic heterocycles. The zero-order valence-electron chi connectivity index (χ0n) is 12.2. The maximum absolute atomic E-state index is 10.9. The lowest BCUT2D eigenvalue weighted by Crippen LogP contribution is -2.13. The van der Waals surface area contributed by atoms with E-state index >= 15 is 0 Å². The van der Waals surface area contributed by atoms with Gasteiger partial charge in [0.05, 0.1) is 6.42 Å². The molecule has 0 heterocycles. The lowest BCUT2D eigenvalue weighted by atomic mass is 10.1. The van der Waals surface area contributed by atoms with Crippen molar-refractivity contribution in [2.75, 3.05) is 5.32 Å². The Balaban J connectivity index is 2.06. The number of anilines is 1. The van der Waals surface area contributed by atoms with Gasteiger partial charge in [-0.3, -0.25) is 9.59 Å². The average Bonchev–Trinajstić information content (AvgIpc) is 2.47. The molecule has 22 heavy (non-hydrogen) atoms. The van der Waals surface area contributed by atoms with E-state index in [0.717, 1.165) is 22.4 Å². The first-order valence-electron chi connectivity index (χ1n) is 6.80. The summed E-state index contributed by atoms with van der Waals surface area (Å²) in [5, 5.41) is 2.70. The number of rotatable bonds is 3. The van der Waals surface area contributed by atoms with Gasteiger partial charge in [-0.2, -0.15) is 0 Å². The van der Waals surface area contributed by atoms with E-state index in [4.69, 9.17) is 5.73 Å². The van der Waals surface area contributed by atoms with E-state index in [1.807, 2.05) is 36.4 Å². The second-order valence-electron chi connectivity index (χ2n) is 4.85. The zero-order chi connectivity index (χ0) is 15.9. The molecule has 0 aliphatic rings. The molecular weight excluding hydrogens is 276 g/mol. The summed E-state index contributed by atoms with van der Waals surface area (Å²) in [6.07, 6.45) is 0.234. The second kappa shape index (κ2) is 7.09. The Morgan fingerprint density at radius 1 is 0.955 bits per heavy atom. The fourth-order valence-corrected chi connectivity index (χ4v) is 1.89. The van der Waals surface area contributed by atoms with Gasteiger partial charge in [-0.05, 0) is 42.0 Å². The molecule has 2 amide bonds. The number of nitrogens with two attached hydrogens (primary N) is 1. The van der Waals surface area contributed by atoms with E-state index < -0.39 is 0 Å². The molecule has 0 aliphatic carbocycles. The van der Waals surface area contributed by atoms with Gasteiger partial charge in [0.1, 0.15) is 0 Å². The maximum atomic E-state index is 10.9. The van der Waals surface area contributed by atoms with Crippen LogP contribution < -0.4 is 11.1 Å². The number of hydrogen-bond donors (Lipinski definition) is 2. The SMILES string of the molecule is CC(=O)Nc1ccc(C#Cc2ccc(CC(N)=O)cc2)cc1. The van der Waals surface area contributed by atoms with E-state index in [1.54, 1.807) is 12.1 Å². The van der Waals surface area contributed by atoms with Gasteiger partial charge in [0, 0.05) is 23.7 Å². The van der Waals surface area contributed by atoms with Crippen LogP contribution in [-0.4, -0.2) is 11.8 Å². The first-order valence-corrected chi connectivity index (χ1v) is 6.80. The van der Waals surface area contributed by atoms with Crippen LogP contribution in [0.3, 0.4) is 0 Å². The quantitative estimate of drug-likeness (QED) is 0.850. The molecule has 0 saturated heterocycles. The van der Waals surface area contributed by atoms with Gasteiger partial charge < -0.3 is 11.1 Å². The molecule has 3 N–H and O–H groups in total. The molecule has 0 radical (unpaired) electrons. The fourth-order valence-electron chi connectivity index (χ4n) is 1.89. The molecule has 0 aliphatic heterocycles. The average molecular weight is 292 g/mol. The summed E-state index contributed by atoms with van der Waals surface area (Å²) in [5.41, 5.74) is 8.48. The molecule has 2 aromatic carbocycles. The topological polar surface area (TPSA) is 72.2 Å². The highest BCUT2D eigenvalue weighted by molar-refractivity contribution is 5.88. The lowest BCUT2D eigenvalue weighted by Gasteiger charge is -2.00. The van der Waals surface area contributed by atoms with Crippen LogP contribution in [0.2, 0.25) is 0 Å². The van der Waals surface area contributed by atoms with E-state index in [-0.39, 0.29) is 18.2 Å². The van der Waals surface area contributed by atoms with E-state index in [1.165, 1.54) is 6.92 Å². The number of carbonyl (C=O) groups excluding carboxylic acids is 2. The summed E-state index contributed by atoms with van der Waals surface area (Å²) in [4.78, 5) is 21.8. The van der Waals surface area contributed by atoms with Gasteiger partial charge in [-0.25, -0.2) is 0 Å². The summed E-state index contributed by atoms with van der Waals surface area (Å²) in [6, 6.07) is 14.7. The zero-order valence-corrected chi connectivity index (χ0v) is 12.2. The standard InChI is InChI=1S/C18H16N2O2/c1-13(21)20-17-10-8-15(9-11-17)3-2-14-4-6-16(7-5-14)12-18(19)22/h4-11H,12H2,1H3,(H2,19,22)(H,20,21). The molecule has 2 aromatic rings. The van der Waals surface area contributed by atoms with Crippen molar-refractivity contribution in [2.24, 2.45) is 5.73 Å². The van der Waals surface area contributed by atoms with Crippen molar-refractivity contribution in [1.29, 1.82) is 0 Å². The lowest BCUT2D eigenvalue weighted by molar-refractivity contribution is -0.117. The first-order chi connectivity index (χ1) is 10.5. The Morgan fingerprint density at radius 2 is 1.45 bits per heavy atom. The van der Waals surface area contributed by atoms with Gasteiger partial charge in [-0.1, -0.05) is 24.0 Å². The van der Waals surface area contributed by atoms with Crippen molar-refractivity contribution in [3.8, 4) is 11.8 Å². The molecule has 4 nitrogen and oxygen atoms in total. The third-order valence-corrected chi connectivity index (χ3v) is 2.89. The number of primary amides is 1. The predicted octanol–water partition coefficient (Wildman–Crippen LogP) is 2.07. The molecule has 0 saturated carbocycles. The Bertz CT molecular complexity index is 672. The summed E-state index contributed by atoms with van der Waals surface area (Å²) in [6.45, 7) is 1.47. The Labute approximate surface area is 129 Å².